The summed E-state index contributed by atoms with van der Waals surface area (Å²) in [5.41, 5.74) is 8.71. The van der Waals surface area contributed by atoms with Gasteiger partial charge in [-0.3, -0.25) is 4.79 Å². The molecule has 1 atom stereocenters. The zero-order chi connectivity index (χ0) is 18.5. The van der Waals surface area contributed by atoms with Crippen LogP contribution in [0.1, 0.15) is 42.1 Å². The Morgan fingerprint density at radius 3 is 3.00 bits per heavy atom. The summed E-state index contributed by atoms with van der Waals surface area (Å²) < 4.78 is 0. The molecule has 1 amide bonds. The van der Waals surface area contributed by atoms with Gasteiger partial charge in [-0.1, -0.05) is 19.1 Å². The Labute approximate surface area is 151 Å². The minimum Gasteiger partial charge on any atom is -0.368 e. The lowest BCUT2D eigenvalue weighted by molar-refractivity contribution is 0.0931. The van der Waals surface area contributed by atoms with E-state index in [2.05, 4.69) is 30.2 Å². The molecule has 0 spiro atoms. The second-order valence-electron chi connectivity index (χ2n) is 5.96. The molecule has 4 N–H and O–H groups in total. The van der Waals surface area contributed by atoms with Gasteiger partial charge in [-0.2, -0.15) is 0 Å². The largest absolute Gasteiger partial charge is 0.368 e. The van der Waals surface area contributed by atoms with Crippen LogP contribution in [0.5, 0.6) is 0 Å². The Bertz CT molecular complexity index is 915. The van der Waals surface area contributed by atoms with Gasteiger partial charge in [0.05, 0.1) is 11.2 Å². The van der Waals surface area contributed by atoms with Crippen LogP contribution in [0.2, 0.25) is 0 Å². The fourth-order valence-corrected chi connectivity index (χ4v) is 2.57. The van der Waals surface area contributed by atoms with Gasteiger partial charge in [-0.15, -0.1) is 0 Å². The van der Waals surface area contributed by atoms with Gasteiger partial charge in [0.2, 0.25) is 5.95 Å². The summed E-state index contributed by atoms with van der Waals surface area (Å²) in [6, 6.07) is 3.57. The van der Waals surface area contributed by atoms with Crippen LogP contribution in [0.4, 0.5) is 5.95 Å². The summed E-state index contributed by atoms with van der Waals surface area (Å²) in [4.78, 5) is 31.8. The van der Waals surface area contributed by atoms with Crippen molar-refractivity contribution in [3.63, 3.8) is 0 Å². The molecule has 134 valence electrons. The van der Waals surface area contributed by atoms with Crippen LogP contribution in [0.3, 0.4) is 0 Å². The number of aromatic nitrogens is 5. The molecule has 3 heterocycles. The molecule has 0 unspecified atom stereocenters. The minimum absolute atomic E-state index is 0.0558. The maximum atomic E-state index is 12.3. The van der Waals surface area contributed by atoms with Crippen molar-refractivity contribution in [3.05, 3.63) is 47.7 Å². The Hall–Kier alpha value is -3.29. The van der Waals surface area contributed by atoms with Crippen molar-refractivity contribution in [2.24, 2.45) is 0 Å². The molecule has 3 aromatic rings. The molecule has 0 fully saturated rings. The molecular formula is C18H21N7O. The number of aryl methyl sites for hydroxylation is 1. The number of hydrogen-bond acceptors (Lipinski definition) is 6. The van der Waals surface area contributed by atoms with Crippen molar-refractivity contribution in [2.75, 3.05) is 5.73 Å². The average Bonchev–Trinajstić information content (AvgIpc) is 3.07. The van der Waals surface area contributed by atoms with Crippen LogP contribution < -0.4 is 11.1 Å². The van der Waals surface area contributed by atoms with Crippen LogP contribution in [0.25, 0.3) is 17.2 Å². The molecular weight excluding hydrogens is 330 g/mol. The molecule has 0 bridgehead atoms. The van der Waals surface area contributed by atoms with E-state index in [1.165, 1.54) is 0 Å². The van der Waals surface area contributed by atoms with Gasteiger partial charge < -0.3 is 16.0 Å². The summed E-state index contributed by atoms with van der Waals surface area (Å²) in [6.45, 7) is 3.95. The molecule has 0 saturated carbocycles. The summed E-state index contributed by atoms with van der Waals surface area (Å²) in [5.74, 6) is 0.281. The minimum atomic E-state index is -0.256. The molecule has 0 radical (unpaired) electrons. The van der Waals surface area contributed by atoms with Gasteiger partial charge in [0, 0.05) is 24.0 Å². The number of hydrogen-bond donors (Lipinski definition) is 3. The van der Waals surface area contributed by atoms with E-state index in [0.717, 1.165) is 23.2 Å². The summed E-state index contributed by atoms with van der Waals surface area (Å²) >= 11 is 0. The number of rotatable bonds is 6. The predicted molar refractivity (Wildman–Crippen MR) is 100 cm³/mol. The van der Waals surface area contributed by atoms with E-state index in [-0.39, 0.29) is 23.7 Å². The molecule has 0 aliphatic rings. The Kier molecular flexibility index (Phi) is 5.21. The number of nitrogens with zero attached hydrogens (tertiary/aromatic N) is 4. The average molecular weight is 351 g/mol. The Morgan fingerprint density at radius 2 is 2.23 bits per heavy atom. The fourth-order valence-electron chi connectivity index (χ4n) is 2.57. The normalized spacial score (nSPS) is 12.5. The fraction of sp³-hybridized carbons (Fsp3) is 0.278. The highest BCUT2D eigenvalue weighted by atomic mass is 16.2. The first-order chi connectivity index (χ1) is 12.6. The van der Waals surface area contributed by atoms with E-state index in [1.54, 1.807) is 18.5 Å². The van der Waals surface area contributed by atoms with Gasteiger partial charge in [-0.25, -0.2) is 19.9 Å². The zero-order valence-electron chi connectivity index (χ0n) is 14.7. The lowest BCUT2D eigenvalue weighted by Gasteiger charge is -2.10. The lowest BCUT2D eigenvalue weighted by atomic mass is 10.1. The first-order valence-corrected chi connectivity index (χ1v) is 8.46. The van der Waals surface area contributed by atoms with Crippen LogP contribution in [-0.4, -0.2) is 36.9 Å². The van der Waals surface area contributed by atoms with E-state index in [4.69, 9.17) is 5.73 Å². The van der Waals surface area contributed by atoms with Crippen molar-refractivity contribution in [3.8, 4) is 0 Å². The number of fused-ring (bicyclic) bond motifs is 1. The van der Waals surface area contributed by atoms with Crippen molar-refractivity contribution in [2.45, 2.75) is 32.7 Å². The standard InChI is InChI=1S/C18H21N7O/c1-3-13-12(10-21-18(19)24-13)7-4-6-11(2)22-17(26)16-23-14-8-5-9-20-15(14)25-16/h4-5,7-11H,3,6H2,1-2H3,(H,22,26)(H2,19,21,24)(H,20,23,25)/b7-4+/t11-/m0/s1. The first kappa shape index (κ1) is 17.5. The number of anilines is 1. The number of pyridine rings is 1. The van der Waals surface area contributed by atoms with Gasteiger partial charge in [0.25, 0.3) is 5.91 Å². The number of nitrogen functional groups attached to an aromatic ring is 1. The number of carbonyl (C=O) groups excluding carboxylic acids is 1. The summed E-state index contributed by atoms with van der Waals surface area (Å²) in [6.07, 6.45) is 8.73. The van der Waals surface area contributed by atoms with Crippen molar-refractivity contribution >= 4 is 29.1 Å². The molecule has 26 heavy (non-hydrogen) atoms. The predicted octanol–water partition coefficient (Wildman–Crippen LogP) is 2.11. The number of aromatic amines is 1. The van der Waals surface area contributed by atoms with E-state index < -0.39 is 0 Å². The molecule has 3 aromatic heterocycles. The number of imidazole rings is 1. The second-order valence-corrected chi connectivity index (χ2v) is 5.96. The van der Waals surface area contributed by atoms with E-state index in [0.29, 0.717) is 12.1 Å². The highest BCUT2D eigenvalue weighted by molar-refractivity contribution is 5.93. The van der Waals surface area contributed by atoms with E-state index in [9.17, 15) is 4.79 Å². The van der Waals surface area contributed by atoms with Gasteiger partial charge >= 0.3 is 0 Å². The van der Waals surface area contributed by atoms with Gasteiger partial charge in [0.15, 0.2) is 11.5 Å². The Balaban J connectivity index is 1.60. The van der Waals surface area contributed by atoms with Crippen LogP contribution in [-0.2, 0) is 6.42 Å². The number of nitrogens with one attached hydrogen (secondary N) is 2. The smallest absolute Gasteiger partial charge is 0.287 e. The third kappa shape index (κ3) is 4.02. The van der Waals surface area contributed by atoms with Crippen molar-refractivity contribution in [1.29, 1.82) is 0 Å². The van der Waals surface area contributed by atoms with Crippen LogP contribution in [0, 0.1) is 0 Å². The first-order valence-electron chi connectivity index (χ1n) is 8.46. The van der Waals surface area contributed by atoms with Gasteiger partial charge in [0.1, 0.15) is 0 Å². The molecule has 8 heteroatoms. The number of amides is 1. The maximum absolute atomic E-state index is 12.3. The maximum Gasteiger partial charge on any atom is 0.287 e. The molecule has 0 saturated heterocycles. The SMILES string of the molecule is CCc1nc(N)ncc1/C=C/C[C@H](C)NC(=O)c1nc2ncccc2[nH]1. The van der Waals surface area contributed by atoms with E-state index in [1.807, 2.05) is 32.1 Å². The lowest BCUT2D eigenvalue weighted by Crippen LogP contribution is -2.32. The molecule has 0 aromatic carbocycles. The highest BCUT2D eigenvalue weighted by Crippen LogP contribution is 2.11. The van der Waals surface area contributed by atoms with Gasteiger partial charge in [-0.05, 0) is 31.9 Å². The summed E-state index contributed by atoms with van der Waals surface area (Å²) in [5, 5.41) is 2.92. The molecule has 3 rings (SSSR count). The summed E-state index contributed by atoms with van der Waals surface area (Å²) in [7, 11) is 0. The second kappa shape index (κ2) is 7.73. The quantitative estimate of drug-likeness (QED) is 0.625. The zero-order valence-corrected chi connectivity index (χ0v) is 14.7. The van der Waals surface area contributed by atoms with Crippen LogP contribution >= 0.6 is 0 Å². The topological polar surface area (TPSA) is 122 Å². The van der Waals surface area contributed by atoms with E-state index >= 15 is 0 Å². The number of H-pyrrole nitrogens is 1. The Morgan fingerprint density at radius 1 is 1.38 bits per heavy atom. The van der Waals surface area contributed by atoms with Crippen molar-refractivity contribution in [1.82, 2.24) is 30.2 Å². The highest BCUT2D eigenvalue weighted by Gasteiger charge is 2.13. The van der Waals surface area contributed by atoms with Crippen LogP contribution in [0.15, 0.2) is 30.6 Å². The number of nitrogens with two attached hydrogens (primary N) is 1. The molecule has 0 aliphatic heterocycles. The molecule has 8 nitrogen and oxygen atoms in total. The van der Waals surface area contributed by atoms with Crippen molar-refractivity contribution < 1.29 is 4.79 Å². The number of carbonyl (C=O) groups is 1. The molecule has 0 aliphatic carbocycles. The third-order valence-corrected chi connectivity index (χ3v) is 3.89. The third-order valence-electron chi connectivity index (χ3n) is 3.89. The monoisotopic (exact) mass is 351 g/mol.